The molecule has 1 amide bonds. The minimum Gasteiger partial charge on any atom is -0.377 e. The molecule has 1 aliphatic rings. The fraction of sp³-hybridized carbons (Fsp3) is 0.562. The van der Waals surface area contributed by atoms with Crippen LogP contribution >= 0.6 is 0 Å². The van der Waals surface area contributed by atoms with Crippen molar-refractivity contribution in [2.75, 3.05) is 13.2 Å². The second-order valence-corrected chi connectivity index (χ2v) is 5.69. The highest BCUT2D eigenvalue weighted by Crippen LogP contribution is 2.23. The molecule has 20 heavy (non-hydrogen) atoms. The molecule has 0 spiro atoms. The number of carbonyl (C=O) groups is 1. The average Bonchev–Trinajstić information content (AvgIpc) is 2.39. The van der Waals surface area contributed by atoms with Gasteiger partial charge in [0, 0.05) is 6.42 Å². The first-order valence-corrected chi connectivity index (χ1v) is 7.13. The van der Waals surface area contributed by atoms with Crippen LogP contribution < -0.4 is 0 Å². The highest BCUT2D eigenvalue weighted by atomic mass is 19.1. The molecule has 0 radical (unpaired) electrons. The second kappa shape index (κ2) is 6.35. The maximum Gasteiger partial charge on any atom is 0.223 e. The van der Waals surface area contributed by atoms with Gasteiger partial charge >= 0.3 is 0 Å². The van der Waals surface area contributed by atoms with Gasteiger partial charge in [-0.25, -0.2) is 4.39 Å². The summed E-state index contributed by atoms with van der Waals surface area (Å²) in [6.07, 6.45) is 0.445. The van der Waals surface area contributed by atoms with Crippen LogP contribution in [0.2, 0.25) is 0 Å². The quantitative estimate of drug-likeness (QED) is 0.851. The largest absolute Gasteiger partial charge is 0.377 e. The number of benzene rings is 1. The van der Waals surface area contributed by atoms with Gasteiger partial charge in [0.25, 0.3) is 0 Å². The molecule has 3 atom stereocenters. The molecule has 1 aromatic carbocycles. The van der Waals surface area contributed by atoms with Gasteiger partial charge in [0.1, 0.15) is 5.82 Å². The van der Waals surface area contributed by atoms with Gasteiger partial charge in [-0.1, -0.05) is 19.1 Å². The summed E-state index contributed by atoms with van der Waals surface area (Å²) in [7, 11) is 0. The molecular weight excluding hydrogens is 257 g/mol. The summed E-state index contributed by atoms with van der Waals surface area (Å²) in [6, 6.07) is 6.62. The number of carbonyl (C=O) groups excluding carboxylic acids is 1. The van der Waals surface area contributed by atoms with Gasteiger partial charge in [0.15, 0.2) is 0 Å². The lowest BCUT2D eigenvalue weighted by Crippen LogP contribution is -2.52. The predicted molar refractivity (Wildman–Crippen MR) is 76.0 cm³/mol. The zero-order valence-electron chi connectivity index (χ0n) is 12.3. The van der Waals surface area contributed by atoms with Crippen molar-refractivity contribution < 1.29 is 13.9 Å². The van der Waals surface area contributed by atoms with E-state index in [4.69, 9.17) is 4.74 Å². The summed E-state index contributed by atoms with van der Waals surface area (Å²) in [6.45, 7) is 7.22. The van der Waals surface area contributed by atoms with E-state index in [1.165, 1.54) is 12.1 Å². The van der Waals surface area contributed by atoms with E-state index in [1.54, 1.807) is 12.1 Å². The first kappa shape index (κ1) is 15.0. The fourth-order valence-corrected chi connectivity index (χ4v) is 2.77. The molecule has 1 fully saturated rings. The summed E-state index contributed by atoms with van der Waals surface area (Å²) in [5.74, 6) is -0.0156. The maximum absolute atomic E-state index is 12.9. The van der Waals surface area contributed by atoms with Crippen LogP contribution in [0.15, 0.2) is 24.3 Å². The Labute approximate surface area is 119 Å². The third kappa shape index (κ3) is 3.37. The summed E-state index contributed by atoms with van der Waals surface area (Å²) in [5.41, 5.74) is 0.994. The lowest BCUT2D eigenvalue weighted by atomic mass is 9.96. The van der Waals surface area contributed by atoms with Crippen LogP contribution in [-0.2, 0) is 9.53 Å². The van der Waals surface area contributed by atoms with E-state index in [2.05, 4.69) is 0 Å². The molecule has 0 aliphatic carbocycles. The molecule has 3 unspecified atom stereocenters. The summed E-state index contributed by atoms with van der Waals surface area (Å²) in [4.78, 5) is 14.4. The second-order valence-electron chi connectivity index (χ2n) is 5.69. The van der Waals surface area contributed by atoms with Gasteiger partial charge in [-0.2, -0.15) is 0 Å². The fourth-order valence-electron chi connectivity index (χ4n) is 2.77. The lowest BCUT2D eigenvalue weighted by Gasteiger charge is -2.39. The van der Waals surface area contributed by atoms with E-state index < -0.39 is 0 Å². The minimum absolute atomic E-state index is 0.0883. The first-order chi connectivity index (χ1) is 9.49. The Bertz CT molecular complexity index is 450. The Morgan fingerprint density at radius 1 is 1.30 bits per heavy atom. The Kier molecular flexibility index (Phi) is 4.76. The van der Waals surface area contributed by atoms with Crippen LogP contribution in [0, 0.1) is 5.82 Å². The molecule has 0 saturated carbocycles. The zero-order chi connectivity index (χ0) is 14.7. The number of amides is 1. The Morgan fingerprint density at radius 2 is 1.85 bits per heavy atom. The van der Waals surface area contributed by atoms with Crippen molar-refractivity contribution in [2.24, 2.45) is 0 Å². The number of morpholine rings is 1. The van der Waals surface area contributed by atoms with Gasteiger partial charge in [-0.3, -0.25) is 4.79 Å². The van der Waals surface area contributed by atoms with Crippen molar-refractivity contribution >= 4 is 5.91 Å². The van der Waals surface area contributed by atoms with Crippen molar-refractivity contribution in [3.05, 3.63) is 35.6 Å². The zero-order valence-corrected chi connectivity index (χ0v) is 12.3. The summed E-state index contributed by atoms with van der Waals surface area (Å²) >= 11 is 0. The molecule has 3 nitrogen and oxygen atoms in total. The minimum atomic E-state index is -0.247. The van der Waals surface area contributed by atoms with Crippen LogP contribution in [0.4, 0.5) is 4.39 Å². The molecule has 0 bridgehead atoms. The Balaban J connectivity index is 2.01. The van der Waals surface area contributed by atoms with Crippen molar-refractivity contribution in [1.29, 1.82) is 0 Å². The molecule has 1 heterocycles. The van der Waals surface area contributed by atoms with E-state index in [1.807, 2.05) is 25.7 Å². The summed E-state index contributed by atoms with van der Waals surface area (Å²) in [5, 5.41) is 0. The predicted octanol–water partition coefficient (Wildman–Crippen LogP) is 2.96. The highest BCUT2D eigenvalue weighted by molar-refractivity contribution is 5.77. The maximum atomic E-state index is 12.9. The first-order valence-electron chi connectivity index (χ1n) is 7.13. The van der Waals surface area contributed by atoms with Gasteiger partial charge in [-0.15, -0.1) is 0 Å². The van der Waals surface area contributed by atoms with Crippen LogP contribution in [0.3, 0.4) is 0 Å². The van der Waals surface area contributed by atoms with Crippen LogP contribution in [-0.4, -0.2) is 36.1 Å². The topological polar surface area (TPSA) is 29.5 Å². The molecule has 2 rings (SSSR count). The smallest absolute Gasteiger partial charge is 0.223 e. The van der Waals surface area contributed by atoms with E-state index in [0.29, 0.717) is 19.6 Å². The lowest BCUT2D eigenvalue weighted by molar-refractivity contribution is -0.144. The molecule has 0 N–H and O–H groups in total. The van der Waals surface area contributed by atoms with Crippen molar-refractivity contribution in [1.82, 2.24) is 4.90 Å². The van der Waals surface area contributed by atoms with Crippen molar-refractivity contribution in [3.8, 4) is 0 Å². The third-order valence-electron chi connectivity index (χ3n) is 3.88. The van der Waals surface area contributed by atoms with E-state index >= 15 is 0 Å². The normalized spacial score (nSPS) is 24.5. The number of ether oxygens (including phenoxy) is 1. The van der Waals surface area contributed by atoms with E-state index in [0.717, 1.165) is 5.56 Å². The molecule has 4 heteroatoms. The van der Waals surface area contributed by atoms with Crippen LogP contribution in [0.25, 0.3) is 0 Å². The Hall–Kier alpha value is -1.42. The molecule has 1 aromatic rings. The number of hydrogen-bond acceptors (Lipinski definition) is 2. The summed E-state index contributed by atoms with van der Waals surface area (Å²) < 4.78 is 18.4. The van der Waals surface area contributed by atoms with Gasteiger partial charge in [0.05, 0.1) is 25.3 Å². The molecule has 110 valence electrons. The Morgan fingerprint density at radius 3 is 2.40 bits per heavy atom. The van der Waals surface area contributed by atoms with Gasteiger partial charge < -0.3 is 9.64 Å². The molecule has 1 saturated heterocycles. The van der Waals surface area contributed by atoms with Crippen molar-refractivity contribution in [2.45, 2.75) is 45.2 Å². The van der Waals surface area contributed by atoms with Crippen molar-refractivity contribution in [3.63, 3.8) is 0 Å². The third-order valence-corrected chi connectivity index (χ3v) is 3.88. The van der Waals surface area contributed by atoms with Gasteiger partial charge in [0.2, 0.25) is 5.91 Å². The van der Waals surface area contributed by atoms with Crippen LogP contribution in [0.1, 0.15) is 38.7 Å². The standard InChI is InChI=1S/C16H22FNO2/c1-11(14-4-6-15(17)7-5-14)8-16(19)18-12(2)9-20-10-13(18)3/h4-7,11-13H,8-10H2,1-3H3. The molecule has 1 aliphatic heterocycles. The number of rotatable bonds is 3. The SMILES string of the molecule is CC(CC(=O)N1C(C)COCC1C)c1ccc(F)cc1. The average molecular weight is 279 g/mol. The number of halogens is 1. The van der Waals surface area contributed by atoms with Gasteiger partial charge in [-0.05, 0) is 37.5 Å². The van der Waals surface area contributed by atoms with Crippen LogP contribution in [0.5, 0.6) is 0 Å². The van der Waals surface area contributed by atoms with E-state index in [9.17, 15) is 9.18 Å². The highest BCUT2D eigenvalue weighted by Gasteiger charge is 2.30. The molecular formula is C16H22FNO2. The monoisotopic (exact) mass is 279 g/mol. The van der Waals surface area contributed by atoms with E-state index in [-0.39, 0.29) is 29.7 Å². The molecule has 0 aromatic heterocycles. The number of nitrogens with zero attached hydrogens (tertiary/aromatic N) is 1. The number of hydrogen-bond donors (Lipinski definition) is 0.